The third-order valence-electron chi connectivity index (χ3n) is 6.79. The molecule has 0 radical (unpaired) electrons. The van der Waals surface area contributed by atoms with Gasteiger partial charge in [0.2, 0.25) is 0 Å². The van der Waals surface area contributed by atoms with E-state index in [1.165, 1.54) is 27.7 Å². The second kappa shape index (κ2) is 21.4. The summed E-state index contributed by atoms with van der Waals surface area (Å²) in [5.41, 5.74) is -9.68. The Hall–Kier alpha value is -3.34. The predicted octanol–water partition coefficient (Wildman–Crippen LogP) is 1.11. The molecule has 0 saturated heterocycles. The van der Waals surface area contributed by atoms with Crippen LogP contribution in [0.4, 0.5) is 0 Å². The van der Waals surface area contributed by atoms with Crippen LogP contribution in [0, 0.1) is 10.8 Å². The lowest BCUT2D eigenvalue weighted by Gasteiger charge is -2.39. The number of carbonyl (C=O) groups is 6. The Labute approximate surface area is 244 Å². The van der Waals surface area contributed by atoms with Gasteiger partial charge in [-0.1, -0.05) is 41.5 Å². The molecule has 248 valence electrons. The van der Waals surface area contributed by atoms with E-state index in [1.807, 2.05) is 13.8 Å². The van der Waals surface area contributed by atoms with E-state index in [-0.39, 0.29) is 25.7 Å². The molecule has 0 aromatic carbocycles. The molecule has 0 aromatic rings. The Bertz CT molecular complexity index is 788. The number of hydrogen-bond acceptors (Lipinski definition) is 10. The highest BCUT2D eigenvalue weighted by atomic mass is 16.4. The Morgan fingerprint density at radius 1 is 0.452 bits per heavy atom. The Morgan fingerprint density at radius 3 is 0.714 bits per heavy atom. The molecule has 16 nitrogen and oxygen atoms in total. The summed E-state index contributed by atoms with van der Waals surface area (Å²) in [4.78, 5) is 65.7. The first-order valence-electron chi connectivity index (χ1n) is 13.2. The van der Waals surface area contributed by atoms with E-state index in [0.717, 1.165) is 12.8 Å². The highest BCUT2D eigenvalue weighted by molar-refractivity contribution is 5.93. The topological polar surface area (TPSA) is 305 Å². The quantitative estimate of drug-likeness (QED) is 0.116. The molecule has 0 heterocycles. The average molecular weight is 617 g/mol. The van der Waals surface area contributed by atoms with Crippen LogP contribution >= 0.6 is 0 Å². The molecular formula is C26H48O16. The number of hydrogen-bond donors (Lipinski definition) is 10. The Kier molecular flexibility index (Phi) is 23.2. The van der Waals surface area contributed by atoms with Crippen molar-refractivity contribution >= 4 is 35.8 Å². The van der Waals surface area contributed by atoms with Crippen molar-refractivity contribution in [2.24, 2.45) is 10.8 Å². The summed E-state index contributed by atoms with van der Waals surface area (Å²) in [6.07, 6.45) is -1.31. The molecule has 2 atom stereocenters. The minimum absolute atomic E-state index is 0.186. The van der Waals surface area contributed by atoms with Crippen molar-refractivity contribution in [2.45, 2.75) is 104 Å². The number of aliphatic hydroxyl groups excluding tert-OH is 2. The maximum absolute atomic E-state index is 11.2. The van der Waals surface area contributed by atoms with E-state index in [0.29, 0.717) is 13.2 Å². The van der Waals surface area contributed by atoms with Gasteiger partial charge in [0.15, 0.2) is 11.2 Å². The molecule has 0 amide bonds. The summed E-state index contributed by atoms with van der Waals surface area (Å²) >= 11 is 0. The van der Waals surface area contributed by atoms with Crippen LogP contribution in [0.3, 0.4) is 0 Å². The maximum atomic E-state index is 11.2. The summed E-state index contributed by atoms with van der Waals surface area (Å²) in [5.74, 6) is -9.86. The van der Waals surface area contributed by atoms with Gasteiger partial charge in [-0.3, -0.25) is 19.2 Å². The molecule has 10 N–H and O–H groups in total. The van der Waals surface area contributed by atoms with Crippen LogP contribution in [0.2, 0.25) is 0 Å². The van der Waals surface area contributed by atoms with Crippen molar-refractivity contribution < 1.29 is 79.8 Å². The largest absolute Gasteiger partial charge is 0.481 e. The molecule has 2 unspecified atom stereocenters. The van der Waals surface area contributed by atoms with E-state index in [4.69, 9.17) is 40.9 Å². The average Bonchev–Trinajstić information content (AvgIpc) is 2.89. The van der Waals surface area contributed by atoms with Crippen LogP contribution in [0.25, 0.3) is 0 Å². The molecule has 0 saturated carbocycles. The molecule has 0 fully saturated rings. The molecule has 0 aliphatic heterocycles. The first-order chi connectivity index (χ1) is 19.2. The van der Waals surface area contributed by atoms with Crippen LogP contribution in [0.1, 0.15) is 92.9 Å². The minimum Gasteiger partial charge on any atom is -0.481 e. The van der Waals surface area contributed by atoms with Gasteiger partial charge in [0.05, 0.1) is 12.8 Å². The van der Waals surface area contributed by atoms with Crippen molar-refractivity contribution in [1.82, 2.24) is 0 Å². The predicted molar refractivity (Wildman–Crippen MR) is 146 cm³/mol. The van der Waals surface area contributed by atoms with Gasteiger partial charge >= 0.3 is 35.8 Å². The molecule has 0 aliphatic carbocycles. The summed E-state index contributed by atoms with van der Waals surface area (Å²) in [6, 6.07) is 0. The summed E-state index contributed by atoms with van der Waals surface area (Å²) in [6.45, 7) is 10.1. The zero-order valence-electron chi connectivity index (χ0n) is 25.0. The van der Waals surface area contributed by atoms with E-state index < -0.39 is 70.7 Å². The molecule has 0 rings (SSSR count). The minimum atomic E-state index is -2.83. The zero-order chi connectivity index (χ0) is 34.5. The number of rotatable bonds is 16. The van der Waals surface area contributed by atoms with Gasteiger partial charge in [-0.2, -0.15) is 0 Å². The lowest BCUT2D eigenvalue weighted by Crippen LogP contribution is -2.58. The summed E-state index contributed by atoms with van der Waals surface area (Å²) in [7, 11) is 0. The second-order valence-corrected chi connectivity index (χ2v) is 9.11. The lowest BCUT2D eigenvalue weighted by atomic mass is 9.66. The normalized spacial score (nSPS) is 13.6. The van der Waals surface area contributed by atoms with Crippen molar-refractivity contribution in [2.75, 3.05) is 13.2 Å². The number of aliphatic hydroxyl groups is 4. The molecular weight excluding hydrogens is 568 g/mol. The van der Waals surface area contributed by atoms with Crippen molar-refractivity contribution in [1.29, 1.82) is 0 Å². The van der Waals surface area contributed by atoms with Crippen LogP contribution in [0.15, 0.2) is 0 Å². The van der Waals surface area contributed by atoms with Crippen molar-refractivity contribution in [3.05, 3.63) is 0 Å². The number of carboxylic acid groups (broad SMARTS) is 6. The molecule has 0 bridgehead atoms. The van der Waals surface area contributed by atoms with Crippen LogP contribution < -0.4 is 0 Å². The SMILES string of the molecule is CCC(CC)(C(=O)O)C(O)(CC(=O)O)C(=O)O.CCC(CC)(C(=O)O)C(O)(CC(=O)O)C(=O)O.CCCO.CCCO. The van der Waals surface area contributed by atoms with Gasteiger partial charge in [0.1, 0.15) is 10.8 Å². The van der Waals surface area contributed by atoms with Gasteiger partial charge in [-0.15, -0.1) is 0 Å². The highest BCUT2D eigenvalue weighted by Gasteiger charge is 2.61. The van der Waals surface area contributed by atoms with Gasteiger partial charge in [-0.05, 0) is 38.5 Å². The van der Waals surface area contributed by atoms with Gasteiger partial charge in [0.25, 0.3) is 0 Å². The monoisotopic (exact) mass is 616 g/mol. The van der Waals surface area contributed by atoms with Gasteiger partial charge < -0.3 is 51.1 Å². The fraction of sp³-hybridized carbons (Fsp3) is 0.769. The number of carboxylic acids is 6. The molecule has 0 aromatic heterocycles. The van der Waals surface area contributed by atoms with E-state index in [9.17, 15) is 39.0 Å². The smallest absolute Gasteiger partial charge is 0.337 e. The Morgan fingerprint density at radius 2 is 0.643 bits per heavy atom. The standard InChI is InChI=1S/2C10H16O7.2C3H8O/c2*1-3-9(4-2,7(13)14)10(17,8(15)16)5-6(11)12;2*1-2-3-4/h2*17H,3-5H2,1-2H3,(H,11,12)(H,13,14)(H,15,16);2*4H,2-3H2,1H3. The van der Waals surface area contributed by atoms with E-state index in [2.05, 4.69) is 0 Å². The van der Waals surface area contributed by atoms with E-state index in [1.54, 1.807) is 0 Å². The Balaban J connectivity index is -0.000000273. The fourth-order valence-corrected chi connectivity index (χ4v) is 3.97. The van der Waals surface area contributed by atoms with Crippen LogP contribution in [0.5, 0.6) is 0 Å². The first kappa shape index (κ1) is 45.6. The maximum Gasteiger partial charge on any atom is 0.337 e. The summed E-state index contributed by atoms with van der Waals surface area (Å²) in [5, 5.41) is 89.1. The fourth-order valence-electron chi connectivity index (χ4n) is 3.97. The third kappa shape index (κ3) is 11.9. The molecule has 16 heteroatoms. The first-order valence-corrected chi connectivity index (χ1v) is 13.2. The van der Waals surface area contributed by atoms with Crippen LogP contribution in [-0.4, -0.2) is 111 Å². The summed E-state index contributed by atoms with van der Waals surface area (Å²) < 4.78 is 0. The third-order valence-corrected chi connectivity index (χ3v) is 6.79. The molecule has 42 heavy (non-hydrogen) atoms. The van der Waals surface area contributed by atoms with Crippen molar-refractivity contribution in [3.63, 3.8) is 0 Å². The van der Waals surface area contributed by atoms with Gasteiger partial charge in [-0.25, -0.2) is 9.59 Å². The van der Waals surface area contributed by atoms with Gasteiger partial charge in [0, 0.05) is 13.2 Å². The number of aliphatic carboxylic acids is 6. The van der Waals surface area contributed by atoms with Crippen LogP contribution in [-0.2, 0) is 28.8 Å². The van der Waals surface area contributed by atoms with Crippen molar-refractivity contribution in [3.8, 4) is 0 Å². The molecule has 0 spiro atoms. The zero-order valence-corrected chi connectivity index (χ0v) is 25.0. The van der Waals surface area contributed by atoms with E-state index >= 15 is 0 Å². The molecule has 0 aliphatic rings. The lowest BCUT2D eigenvalue weighted by molar-refractivity contribution is -0.195. The highest BCUT2D eigenvalue weighted by Crippen LogP contribution is 2.42. The second-order valence-electron chi connectivity index (χ2n) is 9.11.